The number of aromatic nitrogens is 3. The Morgan fingerprint density at radius 2 is 1.63 bits per heavy atom. The second-order valence-electron chi connectivity index (χ2n) is 6.14. The van der Waals surface area contributed by atoms with Crippen LogP contribution in [0, 0.1) is 0 Å². The first-order valence-corrected chi connectivity index (χ1v) is 8.33. The van der Waals surface area contributed by atoms with Crippen LogP contribution in [-0.4, -0.2) is 15.0 Å². The number of fused-ring (bicyclic) bond motifs is 1. The lowest BCUT2D eigenvalue weighted by Gasteiger charge is -2.09. The van der Waals surface area contributed by atoms with E-state index < -0.39 is 11.7 Å². The Labute approximate surface area is 153 Å². The number of para-hydroxylation sites is 1. The van der Waals surface area contributed by atoms with Crippen molar-refractivity contribution in [2.24, 2.45) is 0 Å². The summed E-state index contributed by atoms with van der Waals surface area (Å²) in [6.07, 6.45) is -2.33. The van der Waals surface area contributed by atoms with Gasteiger partial charge in [-0.25, -0.2) is 15.0 Å². The van der Waals surface area contributed by atoms with Gasteiger partial charge in [-0.05, 0) is 29.8 Å². The molecule has 0 fully saturated rings. The number of hydrogen-bond donors (Lipinski definition) is 0. The van der Waals surface area contributed by atoms with Crippen LogP contribution < -0.4 is 0 Å². The Morgan fingerprint density at radius 1 is 0.815 bits per heavy atom. The molecular formula is C21H14F3N3. The van der Waals surface area contributed by atoms with E-state index in [1.807, 2.05) is 30.3 Å². The molecule has 0 saturated carbocycles. The Morgan fingerprint density at radius 3 is 2.48 bits per heavy atom. The van der Waals surface area contributed by atoms with Crippen LogP contribution in [0.25, 0.3) is 22.4 Å². The maximum absolute atomic E-state index is 12.9. The molecule has 0 aliphatic carbocycles. The van der Waals surface area contributed by atoms with Crippen molar-refractivity contribution in [1.82, 2.24) is 15.0 Å². The van der Waals surface area contributed by atoms with E-state index in [4.69, 9.17) is 0 Å². The van der Waals surface area contributed by atoms with E-state index in [9.17, 15) is 13.2 Å². The van der Waals surface area contributed by atoms with Crippen molar-refractivity contribution in [1.29, 1.82) is 0 Å². The molecule has 2 aromatic heterocycles. The SMILES string of the molecule is FC(F)(F)c1cccc(Cc2cccc(-c3ncc4ccccc4n3)n2)c1. The van der Waals surface area contributed by atoms with Gasteiger partial charge in [0, 0.05) is 23.7 Å². The van der Waals surface area contributed by atoms with Gasteiger partial charge in [-0.3, -0.25) is 0 Å². The zero-order chi connectivity index (χ0) is 18.9. The third-order valence-electron chi connectivity index (χ3n) is 4.16. The molecule has 0 radical (unpaired) electrons. The van der Waals surface area contributed by atoms with Crippen molar-refractivity contribution in [2.75, 3.05) is 0 Å². The van der Waals surface area contributed by atoms with Crippen LogP contribution in [0.3, 0.4) is 0 Å². The molecule has 3 nitrogen and oxygen atoms in total. The molecule has 0 N–H and O–H groups in total. The minimum absolute atomic E-state index is 0.297. The lowest BCUT2D eigenvalue weighted by atomic mass is 10.1. The summed E-state index contributed by atoms with van der Waals surface area (Å²) in [6.45, 7) is 0. The summed E-state index contributed by atoms with van der Waals surface area (Å²) in [6, 6.07) is 18.3. The maximum atomic E-state index is 12.9. The van der Waals surface area contributed by atoms with Crippen molar-refractivity contribution in [3.63, 3.8) is 0 Å². The monoisotopic (exact) mass is 365 g/mol. The van der Waals surface area contributed by atoms with E-state index in [-0.39, 0.29) is 0 Å². The van der Waals surface area contributed by atoms with Gasteiger partial charge >= 0.3 is 6.18 Å². The molecule has 0 aliphatic heterocycles. The van der Waals surface area contributed by atoms with Crippen LogP contribution in [0.2, 0.25) is 0 Å². The molecule has 27 heavy (non-hydrogen) atoms. The predicted molar refractivity (Wildman–Crippen MR) is 97.0 cm³/mol. The highest BCUT2D eigenvalue weighted by Crippen LogP contribution is 2.30. The molecule has 2 heterocycles. The number of nitrogens with zero attached hydrogens (tertiary/aromatic N) is 3. The Hall–Kier alpha value is -3.28. The van der Waals surface area contributed by atoms with Crippen LogP contribution in [0.1, 0.15) is 16.8 Å². The zero-order valence-electron chi connectivity index (χ0n) is 14.1. The minimum Gasteiger partial charge on any atom is -0.249 e. The first-order valence-electron chi connectivity index (χ1n) is 8.33. The molecule has 0 aliphatic rings. The standard InChI is InChI=1S/C21H14F3N3/c22-21(23,24)16-7-3-5-14(11-16)12-17-8-4-10-19(26-17)20-25-13-15-6-1-2-9-18(15)27-20/h1-11,13H,12H2. The second kappa shape index (κ2) is 6.79. The van der Waals surface area contributed by atoms with Crippen LogP contribution >= 0.6 is 0 Å². The van der Waals surface area contributed by atoms with E-state index in [1.165, 1.54) is 6.07 Å². The lowest BCUT2D eigenvalue weighted by Crippen LogP contribution is -2.05. The highest BCUT2D eigenvalue weighted by atomic mass is 19.4. The van der Waals surface area contributed by atoms with Crippen LogP contribution in [0.15, 0.2) is 72.9 Å². The molecule has 134 valence electrons. The van der Waals surface area contributed by atoms with Gasteiger partial charge in [0.2, 0.25) is 0 Å². The molecule has 4 aromatic rings. The van der Waals surface area contributed by atoms with Crippen molar-refractivity contribution in [2.45, 2.75) is 12.6 Å². The largest absolute Gasteiger partial charge is 0.416 e. The third kappa shape index (κ3) is 3.79. The molecular weight excluding hydrogens is 351 g/mol. The van der Waals surface area contributed by atoms with E-state index in [0.717, 1.165) is 23.0 Å². The fraction of sp³-hybridized carbons (Fsp3) is 0.0952. The first-order chi connectivity index (χ1) is 13.0. The van der Waals surface area contributed by atoms with Crippen molar-refractivity contribution < 1.29 is 13.2 Å². The van der Waals surface area contributed by atoms with Gasteiger partial charge in [0.25, 0.3) is 0 Å². The van der Waals surface area contributed by atoms with Crippen LogP contribution in [0.5, 0.6) is 0 Å². The van der Waals surface area contributed by atoms with Crippen molar-refractivity contribution >= 4 is 10.9 Å². The van der Waals surface area contributed by atoms with Gasteiger partial charge in [-0.15, -0.1) is 0 Å². The average Bonchev–Trinajstić information content (AvgIpc) is 2.67. The topological polar surface area (TPSA) is 38.7 Å². The third-order valence-corrected chi connectivity index (χ3v) is 4.16. The average molecular weight is 365 g/mol. The van der Waals surface area contributed by atoms with E-state index >= 15 is 0 Å². The first kappa shape index (κ1) is 17.1. The molecule has 6 heteroatoms. The van der Waals surface area contributed by atoms with Crippen LogP contribution in [-0.2, 0) is 12.6 Å². The second-order valence-corrected chi connectivity index (χ2v) is 6.14. The van der Waals surface area contributed by atoms with E-state index in [2.05, 4.69) is 15.0 Å². The summed E-state index contributed by atoms with van der Waals surface area (Å²) in [5.41, 5.74) is 1.95. The van der Waals surface area contributed by atoms with Gasteiger partial charge in [0.1, 0.15) is 5.69 Å². The van der Waals surface area contributed by atoms with E-state index in [0.29, 0.717) is 29.2 Å². The number of alkyl halides is 3. The van der Waals surface area contributed by atoms with Crippen LogP contribution in [0.4, 0.5) is 13.2 Å². The van der Waals surface area contributed by atoms with Gasteiger partial charge < -0.3 is 0 Å². The molecule has 2 aromatic carbocycles. The van der Waals surface area contributed by atoms with Gasteiger partial charge in [-0.2, -0.15) is 13.2 Å². The molecule has 4 rings (SSSR count). The molecule has 0 spiro atoms. The number of pyridine rings is 1. The number of rotatable bonds is 3. The molecule has 0 unspecified atom stereocenters. The number of halogens is 3. The normalized spacial score (nSPS) is 11.7. The van der Waals surface area contributed by atoms with Crippen molar-refractivity contribution in [3.8, 4) is 11.5 Å². The predicted octanol–water partition coefficient (Wildman–Crippen LogP) is 5.30. The lowest BCUT2D eigenvalue weighted by molar-refractivity contribution is -0.137. The Bertz CT molecular complexity index is 1110. The quantitative estimate of drug-likeness (QED) is 0.494. The fourth-order valence-corrected chi connectivity index (χ4v) is 2.86. The number of hydrogen-bond acceptors (Lipinski definition) is 3. The Kier molecular flexibility index (Phi) is 4.32. The van der Waals surface area contributed by atoms with Crippen molar-refractivity contribution in [3.05, 3.63) is 89.7 Å². The molecule has 0 bridgehead atoms. The Balaban J connectivity index is 1.64. The highest BCUT2D eigenvalue weighted by molar-refractivity contribution is 5.79. The van der Waals surface area contributed by atoms with Gasteiger partial charge in [0.05, 0.1) is 11.1 Å². The fourth-order valence-electron chi connectivity index (χ4n) is 2.86. The summed E-state index contributed by atoms with van der Waals surface area (Å²) in [4.78, 5) is 13.4. The van der Waals surface area contributed by atoms with Gasteiger partial charge in [0.15, 0.2) is 5.82 Å². The van der Waals surface area contributed by atoms with E-state index in [1.54, 1.807) is 24.4 Å². The highest BCUT2D eigenvalue weighted by Gasteiger charge is 2.30. The maximum Gasteiger partial charge on any atom is 0.416 e. The smallest absolute Gasteiger partial charge is 0.249 e. The summed E-state index contributed by atoms with van der Waals surface area (Å²) in [5.74, 6) is 0.486. The molecule has 0 amide bonds. The number of benzene rings is 2. The zero-order valence-corrected chi connectivity index (χ0v) is 14.1. The summed E-state index contributed by atoms with van der Waals surface area (Å²) >= 11 is 0. The molecule has 0 atom stereocenters. The summed E-state index contributed by atoms with van der Waals surface area (Å²) in [5, 5.41) is 0.932. The summed E-state index contributed by atoms with van der Waals surface area (Å²) < 4.78 is 38.7. The van der Waals surface area contributed by atoms with Gasteiger partial charge in [-0.1, -0.05) is 42.5 Å². The summed E-state index contributed by atoms with van der Waals surface area (Å²) in [7, 11) is 0. The minimum atomic E-state index is -4.36. The molecule has 0 saturated heterocycles.